The number of thioether (sulfide) groups is 1. The Morgan fingerprint density at radius 1 is 1.11 bits per heavy atom. The first-order valence-electron chi connectivity index (χ1n) is 8.73. The number of amides is 1. The summed E-state index contributed by atoms with van der Waals surface area (Å²) in [6, 6.07) is 19.2. The highest BCUT2D eigenvalue weighted by Crippen LogP contribution is 2.27. The van der Waals surface area contributed by atoms with Crippen molar-refractivity contribution in [1.82, 2.24) is 4.98 Å². The van der Waals surface area contributed by atoms with E-state index in [2.05, 4.69) is 10.3 Å². The zero-order valence-corrected chi connectivity index (χ0v) is 15.9. The van der Waals surface area contributed by atoms with Crippen LogP contribution in [0.4, 0.5) is 10.1 Å². The summed E-state index contributed by atoms with van der Waals surface area (Å²) in [5.74, 6) is -0.142. The average molecular weight is 392 g/mol. The highest BCUT2D eigenvalue weighted by atomic mass is 32.2. The second-order valence-electron chi connectivity index (χ2n) is 6.37. The Morgan fingerprint density at radius 2 is 1.89 bits per heavy atom. The molecule has 1 aromatic heterocycles. The number of rotatable bonds is 5. The van der Waals surface area contributed by atoms with Crippen molar-refractivity contribution in [3.63, 3.8) is 0 Å². The summed E-state index contributed by atoms with van der Waals surface area (Å²) in [7, 11) is 0. The highest BCUT2D eigenvalue weighted by molar-refractivity contribution is 7.98. The molecular weight excluding hydrogens is 375 g/mol. The van der Waals surface area contributed by atoms with Gasteiger partial charge in [-0.25, -0.2) is 9.37 Å². The van der Waals surface area contributed by atoms with E-state index in [1.807, 2.05) is 37.3 Å². The van der Waals surface area contributed by atoms with Gasteiger partial charge in [0.1, 0.15) is 11.3 Å². The maximum absolute atomic E-state index is 13.7. The fourth-order valence-electron chi connectivity index (χ4n) is 2.73. The van der Waals surface area contributed by atoms with Crippen LogP contribution in [-0.2, 0) is 5.75 Å². The number of para-hydroxylation sites is 1. The van der Waals surface area contributed by atoms with E-state index in [0.717, 1.165) is 22.2 Å². The van der Waals surface area contributed by atoms with Crippen LogP contribution in [-0.4, -0.2) is 10.9 Å². The molecule has 0 fully saturated rings. The molecular formula is C22H17FN2O2S. The van der Waals surface area contributed by atoms with Crippen molar-refractivity contribution in [2.24, 2.45) is 0 Å². The summed E-state index contributed by atoms with van der Waals surface area (Å²) in [5.41, 5.74) is 4.43. The van der Waals surface area contributed by atoms with Crippen LogP contribution in [0.5, 0.6) is 0 Å². The number of oxazole rings is 1. The van der Waals surface area contributed by atoms with E-state index < -0.39 is 5.82 Å². The summed E-state index contributed by atoms with van der Waals surface area (Å²) < 4.78 is 19.4. The van der Waals surface area contributed by atoms with Crippen LogP contribution in [0.1, 0.15) is 21.5 Å². The summed E-state index contributed by atoms with van der Waals surface area (Å²) in [5, 5.41) is 3.19. The number of anilines is 1. The van der Waals surface area contributed by atoms with Gasteiger partial charge >= 0.3 is 0 Å². The first-order valence-corrected chi connectivity index (χ1v) is 9.72. The number of hydrogen-bond donors (Lipinski definition) is 1. The molecule has 1 amide bonds. The molecule has 0 aliphatic heterocycles. The predicted molar refractivity (Wildman–Crippen MR) is 109 cm³/mol. The van der Waals surface area contributed by atoms with Crippen LogP contribution < -0.4 is 5.32 Å². The minimum atomic E-state index is -0.461. The van der Waals surface area contributed by atoms with Crippen LogP contribution in [0.25, 0.3) is 11.1 Å². The number of hydrogen-bond acceptors (Lipinski definition) is 4. The molecule has 4 aromatic rings. The van der Waals surface area contributed by atoms with Gasteiger partial charge in [0.2, 0.25) is 0 Å². The maximum atomic E-state index is 13.7. The Kier molecular flexibility index (Phi) is 5.12. The number of nitrogens with one attached hydrogen (secondary N) is 1. The first kappa shape index (κ1) is 18.3. The molecule has 1 N–H and O–H groups in total. The van der Waals surface area contributed by atoms with Gasteiger partial charge in [-0.05, 0) is 54.4 Å². The second-order valence-corrected chi connectivity index (χ2v) is 7.30. The first-order chi connectivity index (χ1) is 13.6. The fraction of sp³-hybridized carbons (Fsp3) is 0.0909. The topological polar surface area (TPSA) is 55.1 Å². The number of carbonyl (C=O) groups is 1. The van der Waals surface area contributed by atoms with Gasteiger partial charge in [-0.1, -0.05) is 42.1 Å². The van der Waals surface area contributed by atoms with Crippen molar-refractivity contribution >= 4 is 34.5 Å². The molecule has 140 valence electrons. The Labute approximate surface area is 165 Å². The van der Waals surface area contributed by atoms with Crippen LogP contribution in [0, 0.1) is 12.7 Å². The SMILES string of the molecule is Cc1ccc2oc(SCc3ccc(C(=O)Nc4ccccc4F)cc3)nc2c1. The summed E-state index contributed by atoms with van der Waals surface area (Å²) in [6.07, 6.45) is 0. The molecule has 0 radical (unpaired) electrons. The van der Waals surface area contributed by atoms with Gasteiger partial charge in [-0.2, -0.15) is 0 Å². The molecule has 0 aliphatic rings. The minimum absolute atomic E-state index is 0.165. The highest BCUT2D eigenvalue weighted by Gasteiger charge is 2.10. The lowest BCUT2D eigenvalue weighted by molar-refractivity contribution is 0.102. The normalized spacial score (nSPS) is 10.9. The molecule has 0 bridgehead atoms. The summed E-state index contributed by atoms with van der Waals surface area (Å²) >= 11 is 1.50. The predicted octanol–water partition coefficient (Wildman–Crippen LogP) is 5.82. The number of benzene rings is 3. The number of carbonyl (C=O) groups excluding carboxylic acids is 1. The van der Waals surface area contributed by atoms with Gasteiger partial charge in [-0.3, -0.25) is 4.79 Å². The van der Waals surface area contributed by atoms with E-state index in [4.69, 9.17) is 4.42 Å². The molecule has 0 saturated carbocycles. The van der Waals surface area contributed by atoms with Gasteiger partial charge < -0.3 is 9.73 Å². The minimum Gasteiger partial charge on any atom is -0.431 e. The van der Waals surface area contributed by atoms with Crippen LogP contribution in [0.3, 0.4) is 0 Å². The lowest BCUT2D eigenvalue weighted by Crippen LogP contribution is -2.12. The monoisotopic (exact) mass is 392 g/mol. The number of aryl methyl sites for hydroxylation is 1. The van der Waals surface area contributed by atoms with Gasteiger partial charge in [0.05, 0.1) is 5.69 Å². The summed E-state index contributed by atoms with van der Waals surface area (Å²) in [6.45, 7) is 2.02. The molecule has 4 nitrogen and oxygen atoms in total. The number of nitrogens with zero attached hydrogens (tertiary/aromatic N) is 1. The third-order valence-corrected chi connectivity index (χ3v) is 5.12. The van der Waals surface area contributed by atoms with Crippen LogP contribution >= 0.6 is 11.8 Å². The molecule has 3 aromatic carbocycles. The van der Waals surface area contributed by atoms with Crippen molar-refractivity contribution < 1.29 is 13.6 Å². The molecule has 1 heterocycles. The molecule has 6 heteroatoms. The Hall–Kier alpha value is -3.12. The second kappa shape index (κ2) is 7.86. The average Bonchev–Trinajstić information content (AvgIpc) is 3.10. The Morgan fingerprint density at radius 3 is 2.68 bits per heavy atom. The molecule has 0 spiro atoms. The zero-order valence-electron chi connectivity index (χ0n) is 15.1. The van der Waals surface area contributed by atoms with Crippen LogP contribution in [0.2, 0.25) is 0 Å². The molecule has 0 unspecified atom stereocenters. The number of halogens is 1. The molecule has 4 rings (SSSR count). The van der Waals surface area contributed by atoms with E-state index in [-0.39, 0.29) is 11.6 Å². The van der Waals surface area contributed by atoms with Gasteiger partial charge in [0.25, 0.3) is 11.1 Å². The third-order valence-electron chi connectivity index (χ3n) is 4.22. The number of fused-ring (bicyclic) bond motifs is 1. The van der Waals surface area contributed by atoms with E-state index >= 15 is 0 Å². The quantitative estimate of drug-likeness (QED) is 0.435. The van der Waals surface area contributed by atoms with Crippen LogP contribution in [0.15, 0.2) is 76.4 Å². The van der Waals surface area contributed by atoms with Crippen molar-refractivity contribution in [1.29, 1.82) is 0 Å². The van der Waals surface area contributed by atoms with E-state index in [0.29, 0.717) is 16.5 Å². The van der Waals surface area contributed by atoms with Gasteiger partial charge in [0.15, 0.2) is 5.58 Å². The maximum Gasteiger partial charge on any atom is 0.257 e. The summed E-state index contributed by atoms with van der Waals surface area (Å²) in [4.78, 5) is 16.8. The lowest BCUT2D eigenvalue weighted by Gasteiger charge is -2.07. The van der Waals surface area contributed by atoms with Gasteiger partial charge in [-0.15, -0.1) is 0 Å². The molecule has 0 saturated heterocycles. The lowest BCUT2D eigenvalue weighted by atomic mass is 10.1. The Bertz CT molecular complexity index is 1140. The van der Waals surface area contributed by atoms with E-state index in [1.54, 1.807) is 24.3 Å². The van der Waals surface area contributed by atoms with Crippen molar-refractivity contribution in [2.75, 3.05) is 5.32 Å². The van der Waals surface area contributed by atoms with Crippen molar-refractivity contribution in [3.8, 4) is 0 Å². The largest absolute Gasteiger partial charge is 0.431 e. The third kappa shape index (κ3) is 4.07. The van der Waals surface area contributed by atoms with Gasteiger partial charge in [0, 0.05) is 11.3 Å². The standard InChI is InChI=1S/C22H17FN2O2S/c1-14-6-11-20-19(12-14)25-22(27-20)28-13-15-7-9-16(10-8-15)21(26)24-18-5-3-2-4-17(18)23/h2-12H,13H2,1H3,(H,24,26). The molecule has 0 atom stereocenters. The zero-order chi connectivity index (χ0) is 19.5. The molecule has 0 aliphatic carbocycles. The molecule has 28 heavy (non-hydrogen) atoms. The van der Waals surface area contributed by atoms with E-state index in [9.17, 15) is 9.18 Å². The van der Waals surface area contributed by atoms with Crippen molar-refractivity contribution in [3.05, 3.63) is 89.2 Å². The fourth-order valence-corrected chi connectivity index (χ4v) is 3.53. The smallest absolute Gasteiger partial charge is 0.257 e. The van der Waals surface area contributed by atoms with E-state index in [1.165, 1.54) is 23.9 Å². The van der Waals surface area contributed by atoms with Crippen molar-refractivity contribution in [2.45, 2.75) is 17.9 Å². The number of aromatic nitrogens is 1. The Balaban J connectivity index is 1.40.